The van der Waals surface area contributed by atoms with Crippen LogP contribution in [0.2, 0.25) is 0 Å². The van der Waals surface area contributed by atoms with Gasteiger partial charge in [0.2, 0.25) is 0 Å². The Hall–Kier alpha value is -20.1. The monoisotopic (exact) mass is 1910 g/mol. The van der Waals surface area contributed by atoms with Crippen molar-refractivity contribution in [3.63, 3.8) is 0 Å². The van der Waals surface area contributed by atoms with Crippen LogP contribution in [0, 0.1) is 0 Å². The van der Waals surface area contributed by atoms with E-state index in [1.165, 1.54) is 180 Å². The van der Waals surface area contributed by atoms with Crippen LogP contribution in [-0.4, -0.2) is 32.0 Å². The number of hydrogen-bond acceptors (Lipinski definition) is 4. The highest BCUT2D eigenvalue weighted by atomic mass is 16.3. The third-order valence-corrected chi connectivity index (χ3v) is 32.1. The van der Waals surface area contributed by atoms with Crippen LogP contribution in [0.4, 0.5) is 0 Å². The van der Waals surface area contributed by atoms with Gasteiger partial charge in [-0.15, -0.1) is 0 Å². The number of benzene rings is 23. The molecule has 0 atom stereocenters. The lowest BCUT2D eigenvalue weighted by Crippen LogP contribution is -2.00. The molecule has 150 heavy (non-hydrogen) atoms. The van der Waals surface area contributed by atoms with Crippen molar-refractivity contribution in [2.24, 2.45) is 0 Å². The predicted molar refractivity (Wildman–Crippen MR) is 622 cm³/mol. The van der Waals surface area contributed by atoms with Crippen molar-refractivity contribution in [2.45, 2.75) is 5.92 Å². The maximum atomic E-state index is 6.25. The zero-order valence-corrected chi connectivity index (χ0v) is 80.7. The average Bonchev–Trinajstić information content (AvgIpc) is 1.54. The summed E-state index contributed by atoms with van der Waals surface area (Å²) < 4.78 is 41.9. The van der Waals surface area contributed by atoms with Crippen LogP contribution in [-0.2, 0) is 0 Å². The van der Waals surface area contributed by atoms with Gasteiger partial charge < -0.3 is 49.6 Å². The van der Waals surface area contributed by atoms with E-state index < -0.39 is 0 Å². The van der Waals surface area contributed by atoms with Crippen LogP contribution in [0.1, 0.15) is 22.6 Å². The summed E-state index contributed by atoms with van der Waals surface area (Å²) in [5.41, 5.74) is 38.5. The van der Waals surface area contributed by atoms with E-state index in [4.69, 9.17) is 17.7 Å². The minimum atomic E-state index is 0.222. The molecule has 0 aliphatic heterocycles. The minimum absolute atomic E-state index is 0.222. The van der Waals surface area contributed by atoms with Gasteiger partial charge in [-0.25, -0.2) is 0 Å². The minimum Gasteiger partial charge on any atom is -0.456 e. The fourth-order valence-electron chi connectivity index (χ4n) is 25.9. The van der Waals surface area contributed by atoms with Crippen LogP contribution in [0.25, 0.3) is 291 Å². The fraction of sp³-hybridized carbons (Fsp3) is 0.00719. The molecule has 0 amide bonds. The van der Waals surface area contributed by atoms with Crippen LogP contribution < -0.4 is 0 Å². The second-order valence-electron chi connectivity index (χ2n) is 39.9. The summed E-state index contributed by atoms with van der Waals surface area (Å²) in [6, 6.07) is 180. The zero-order chi connectivity index (χ0) is 97.8. The van der Waals surface area contributed by atoms with Crippen molar-refractivity contribution in [1.82, 2.24) is 32.0 Å². The molecule has 0 saturated carbocycles. The van der Waals surface area contributed by atoms with Crippen molar-refractivity contribution in [3.05, 3.63) is 514 Å². The fourth-order valence-corrected chi connectivity index (χ4v) is 25.9. The lowest BCUT2D eigenvalue weighted by atomic mass is 9.89. The molecule has 698 valence electrons. The Morgan fingerprint density at radius 3 is 0.687 bits per heavy atom. The molecule has 11 heteroatoms. The number of furan rings is 4. The highest BCUT2D eigenvalue weighted by molar-refractivity contribution is 6.30. The Kier molecular flexibility index (Phi) is 17.4. The molecule has 11 heterocycles. The Morgan fingerprint density at radius 1 is 0.133 bits per heavy atom. The molecule has 1 aliphatic carbocycles. The van der Waals surface area contributed by atoms with Crippen LogP contribution in [0.3, 0.4) is 0 Å². The number of rotatable bonds is 8. The standard InChI is InChI=1S/C49H30N2O.C48H29N3O.C42H24N2O2/c1-3-15-37-33(11-1)34-12-2-4-16-38(34)47(37)30-21-23-31(24-22-30)50-43-19-9-6-17-40(43)48-44(50)27-26-39-35-13-5-8-18-42(35)51(49(39)48)32-25-28-46-41(29-32)36-14-7-10-20-45(36)52-46;1-6-19-40-33(14-1)34-15-2-7-20-41(34)49(40)30-12-11-13-31(28-30)50-43-22-9-4-18-38(43)47-44(50)26-25-37-35-16-3-8-21-42(35)51(48(37)47)32-24-27-46-39(29-32)36-17-5-10-23-45(36)52-46;1-5-13-34-27(9-1)30-19-20-36-41(42(30)44(34)26-18-22-40-33(24-26)29-11-4-8-16-38(29)46-40)31-12-2-6-14-35(31)43(36)25-17-21-39-32(23-25)28-10-3-7-15-37(28)45-39/h1-29,47H;1-29H;1-24H. The molecular formula is C139H83N7O4. The normalized spacial score (nSPS) is 12.5. The van der Waals surface area contributed by atoms with Crippen LogP contribution in [0.5, 0.6) is 0 Å². The van der Waals surface area contributed by atoms with Crippen LogP contribution >= 0.6 is 0 Å². The van der Waals surface area contributed by atoms with Crippen molar-refractivity contribution in [3.8, 4) is 50.9 Å². The van der Waals surface area contributed by atoms with Gasteiger partial charge >= 0.3 is 0 Å². The van der Waals surface area contributed by atoms with Crippen molar-refractivity contribution < 1.29 is 17.7 Å². The van der Waals surface area contributed by atoms with Gasteiger partial charge in [-0.1, -0.05) is 303 Å². The SMILES string of the molecule is c1cc(-n2c3ccccc3c3ccccc32)cc(-n2c3ccccc3c3c2ccc2c4ccccc4n(-c4ccc5oc6ccccc6c5c4)c23)c1.c1ccc2c(c1)-c1ccccc1C2c1ccc(-n2c3ccccc3c3c2ccc2c4ccccc4n(-c4ccc5oc6ccccc6c5c4)c23)cc1.c1ccc2c(c1)oc1ccc(-n3c4ccccc4c4c3ccc3c5ccccc5n(-c5ccc6oc7ccccc7c6c5)c34)cc12. The molecule has 35 rings (SSSR count). The van der Waals surface area contributed by atoms with E-state index in [2.05, 4.69) is 481 Å². The zero-order valence-electron chi connectivity index (χ0n) is 80.7. The first-order valence-electron chi connectivity index (χ1n) is 51.4. The summed E-state index contributed by atoms with van der Waals surface area (Å²) in [5.74, 6) is 0.222. The van der Waals surface area contributed by atoms with E-state index >= 15 is 0 Å². The van der Waals surface area contributed by atoms with Crippen LogP contribution in [0.15, 0.2) is 515 Å². The Labute approximate surface area is 855 Å². The first-order chi connectivity index (χ1) is 74.4. The molecule has 0 fully saturated rings. The molecule has 0 saturated heterocycles. The first-order valence-corrected chi connectivity index (χ1v) is 51.4. The number of para-hydroxylation sites is 12. The third-order valence-electron chi connectivity index (χ3n) is 32.1. The van der Waals surface area contributed by atoms with E-state index in [0.29, 0.717) is 0 Å². The summed E-state index contributed by atoms with van der Waals surface area (Å²) in [7, 11) is 0. The molecule has 0 unspecified atom stereocenters. The number of fused-ring (bicyclic) bond motifs is 39. The van der Waals surface area contributed by atoms with Gasteiger partial charge in [-0.3, -0.25) is 0 Å². The molecule has 11 aromatic heterocycles. The lowest BCUT2D eigenvalue weighted by molar-refractivity contribution is 0.668. The Bertz CT molecular complexity index is 11700. The molecule has 0 bridgehead atoms. The molecule has 34 aromatic rings. The van der Waals surface area contributed by atoms with E-state index in [1.54, 1.807) is 0 Å². The van der Waals surface area contributed by atoms with Gasteiger partial charge in [-0.2, -0.15) is 0 Å². The number of nitrogens with zero attached hydrogens (tertiary/aromatic N) is 7. The molecule has 1 aliphatic rings. The van der Waals surface area contributed by atoms with Crippen molar-refractivity contribution >= 4 is 240 Å². The Balaban J connectivity index is 0.0000000976. The summed E-state index contributed by atoms with van der Waals surface area (Å²) in [4.78, 5) is 0. The smallest absolute Gasteiger partial charge is 0.135 e. The van der Waals surface area contributed by atoms with E-state index in [0.717, 1.165) is 128 Å². The third kappa shape index (κ3) is 11.8. The quantitative estimate of drug-likeness (QED) is 0.152. The maximum Gasteiger partial charge on any atom is 0.135 e. The lowest BCUT2D eigenvalue weighted by Gasteiger charge is -2.16. The molecule has 11 nitrogen and oxygen atoms in total. The molecule has 0 N–H and O–H groups in total. The molecule has 0 radical (unpaired) electrons. The Morgan fingerprint density at radius 2 is 0.360 bits per heavy atom. The number of hydrogen-bond donors (Lipinski definition) is 0. The highest BCUT2D eigenvalue weighted by Gasteiger charge is 2.32. The molecular weight excluding hydrogens is 1830 g/mol. The second-order valence-corrected chi connectivity index (χ2v) is 39.9. The summed E-state index contributed by atoms with van der Waals surface area (Å²) >= 11 is 0. The largest absolute Gasteiger partial charge is 0.456 e. The average molecular weight is 1920 g/mol. The summed E-state index contributed by atoms with van der Waals surface area (Å²) in [6.45, 7) is 0. The van der Waals surface area contributed by atoms with E-state index in [1.807, 2.05) is 48.5 Å². The van der Waals surface area contributed by atoms with Gasteiger partial charge in [0.1, 0.15) is 44.7 Å². The number of aromatic nitrogens is 7. The first kappa shape index (κ1) is 82.3. The van der Waals surface area contributed by atoms with Gasteiger partial charge in [0, 0.05) is 164 Å². The second kappa shape index (κ2) is 31.7. The topological polar surface area (TPSA) is 87.1 Å². The van der Waals surface area contributed by atoms with Gasteiger partial charge in [0.05, 0.1) is 77.2 Å². The molecule has 0 spiro atoms. The van der Waals surface area contributed by atoms with Crippen molar-refractivity contribution in [1.29, 1.82) is 0 Å². The maximum absolute atomic E-state index is 6.25. The summed E-state index contributed by atoms with van der Waals surface area (Å²) in [6.07, 6.45) is 0. The van der Waals surface area contributed by atoms with Crippen molar-refractivity contribution in [2.75, 3.05) is 0 Å². The summed E-state index contributed by atoms with van der Waals surface area (Å²) in [5, 5.41) is 26.4. The van der Waals surface area contributed by atoms with E-state index in [9.17, 15) is 0 Å². The van der Waals surface area contributed by atoms with Gasteiger partial charge in [0.15, 0.2) is 0 Å². The van der Waals surface area contributed by atoms with Gasteiger partial charge in [-0.05, 0) is 222 Å². The van der Waals surface area contributed by atoms with E-state index in [-0.39, 0.29) is 5.92 Å². The molecule has 23 aromatic carbocycles. The van der Waals surface area contributed by atoms with Gasteiger partial charge in [0.25, 0.3) is 0 Å². The highest BCUT2D eigenvalue weighted by Crippen LogP contribution is 2.53. The predicted octanol–water partition coefficient (Wildman–Crippen LogP) is 37.5.